The topological polar surface area (TPSA) is 212 Å². The number of thioether (sulfide) groups is 1. The molecule has 0 amide bonds. The summed E-state index contributed by atoms with van der Waals surface area (Å²) < 4.78 is 29.3. The highest BCUT2D eigenvalue weighted by atomic mass is 32.2. The van der Waals surface area contributed by atoms with Gasteiger partial charge in [-0.3, -0.25) is 23.7 Å². The number of hydrogen-bond donors (Lipinski definition) is 5. The first-order valence-electron chi connectivity index (χ1n) is 10.2. The number of aliphatic hydroxyl groups excluding tert-OH is 2. The average molecular weight is 521 g/mol. The van der Waals surface area contributed by atoms with Crippen molar-refractivity contribution in [2.24, 2.45) is 5.41 Å². The van der Waals surface area contributed by atoms with Crippen molar-refractivity contribution in [3.8, 4) is 0 Å². The minimum absolute atomic E-state index is 0.0278. The molecule has 2 aromatic heterocycles. The summed E-state index contributed by atoms with van der Waals surface area (Å²) in [5.74, 6) is 0.0532. The average Bonchev–Trinajstić information content (AvgIpc) is 3.28. The summed E-state index contributed by atoms with van der Waals surface area (Å²) in [7, 11) is -2.98. The zero-order chi connectivity index (χ0) is 25.3. The molecule has 2 aromatic rings. The lowest BCUT2D eigenvalue weighted by molar-refractivity contribution is -0.119. The lowest BCUT2D eigenvalue weighted by atomic mass is 9.96. The minimum Gasteiger partial charge on any atom is -0.395 e. The summed E-state index contributed by atoms with van der Waals surface area (Å²) >= 11 is 0.947. The van der Waals surface area contributed by atoms with Gasteiger partial charge in [-0.25, -0.2) is 4.98 Å². The molecule has 1 saturated heterocycles. The van der Waals surface area contributed by atoms with Crippen LogP contribution in [0.2, 0.25) is 0 Å². The number of nitrogens with zero attached hydrogens (tertiary/aromatic N) is 3. The number of carbonyl (C=O) groups excluding carboxylic acids is 1. The zero-order valence-corrected chi connectivity index (χ0v) is 20.6. The summed E-state index contributed by atoms with van der Waals surface area (Å²) in [6.45, 7) is 3.86. The second-order valence-corrected chi connectivity index (χ2v) is 10.7. The highest BCUT2D eigenvalue weighted by molar-refractivity contribution is 8.13. The van der Waals surface area contributed by atoms with Crippen LogP contribution >= 0.6 is 20.0 Å². The Bertz CT molecular complexity index is 1120. The third kappa shape index (κ3) is 5.52. The number of aliphatic hydroxyl groups is 3. The molecule has 0 spiro atoms. The van der Waals surface area contributed by atoms with Gasteiger partial charge in [0.15, 0.2) is 22.5 Å². The van der Waals surface area contributed by atoms with Crippen molar-refractivity contribution in [2.45, 2.75) is 44.8 Å². The summed E-state index contributed by atoms with van der Waals surface area (Å²) in [5, 5.41) is 30.4. The Labute approximate surface area is 198 Å². The third-order valence-corrected chi connectivity index (χ3v) is 7.34. The molecule has 0 radical (unpaired) electrons. The maximum atomic E-state index is 12.1. The van der Waals surface area contributed by atoms with Crippen molar-refractivity contribution >= 4 is 42.2 Å². The molecule has 0 aliphatic carbocycles. The number of aromatic amines is 1. The number of rotatable bonds is 10. The molecule has 5 atom stereocenters. The Morgan fingerprint density at radius 3 is 2.85 bits per heavy atom. The number of fused-ring (bicyclic) bond motifs is 1. The van der Waals surface area contributed by atoms with E-state index in [1.54, 1.807) is 13.8 Å². The normalized spacial score (nSPS) is 26.2. The zero-order valence-electron chi connectivity index (χ0n) is 18.8. The van der Waals surface area contributed by atoms with Gasteiger partial charge in [0, 0.05) is 5.75 Å². The van der Waals surface area contributed by atoms with E-state index in [9.17, 15) is 29.5 Å². The molecule has 1 unspecified atom stereocenters. The second-order valence-electron chi connectivity index (χ2n) is 8.56. The molecule has 0 saturated carbocycles. The molecule has 3 heterocycles. The van der Waals surface area contributed by atoms with Gasteiger partial charge < -0.3 is 34.8 Å². The number of hydrogen-bond acceptors (Lipinski definition) is 13. The number of aromatic nitrogens is 4. The highest BCUT2D eigenvalue weighted by Gasteiger charge is 2.53. The standard InChI is InChI=1S/C18H28N5O9PS/c1-17(2,7-24)15(27)34-5-4-30-33(29)31-6-9-11(25)18(3,28)14(32-9)23-8-20-10-12(23)21-16(19)22-13(10)26/h8-9,11,14,24-25,28,33H,4-7H2,1-3H3,(H3,19,21,22,26)/t9-,11-,14-,18-/m1/s1. The smallest absolute Gasteiger partial charge is 0.319 e. The predicted molar refractivity (Wildman–Crippen MR) is 122 cm³/mol. The molecule has 14 nitrogen and oxygen atoms in total. The fourth-order valence-corrected chi connectivity index (χ4v) is 4.81. The van der Waals surface area contributed by atoms with E-state index in [4.69, 9.17) is 19.5 Å². The molecule has 190 valence electrons. The van der Waals surface area contributed by atoms with Gasteiger partial charge >= 0.3 is 8.25 Å². The van der Waals surface area contributed by atoms with Crippen LogP contribution in [0.5, 0.6) is 0 Å². The lowest BCUT2D eigenvalue weighted by Gasteiger charge is -2.27. The Morgan fingerprint density at radius 1 is 1.47 bits per heavy atom. The van der Waals surface area contributed by atoms with Crippen LogP contribution < -0.4 is 11.3 Å². The number of nitrogens with two attached hydrogens (primary N) is 1. The van der Waals surface area contributed by atoms with Crippen molar-refractivity contribution in [1.29, 1.82) is 0 Å². The van der Waals surface area contributed by atoms with Crippen LogP contribution in [0, 0.1) is 5.41 Å². The number of anilines is 1. The number of imidazole rings is 1. The van der Waals surface area contributed by atoms with E-state index >= 15 is 0 Å². The quantitative estimate of drug-likeness (QED) is 0.196. The van der Waals surface area contributed by atoms with Gasteiger partial charge in [-0.2, -0.15) is 4.98 Å². The van der Waals surface area contributed by atoms with Gasteiger partial charge in [-0.05, 0) is 20.8 Å². The Hall–Kier alpha value is -1.84. The van der Waals surface area contributed by atoms with E-state index < -0.39 is 43.3 Å². The van der Waals surface area contributed by atoms with E-state index in [0.29, 0.717) is 0 Å². The number of ether oxygens (including phenoxy) is 1. The first kappa shape index (κ1) is 26.8. The van der Waals surface area contributed by atoms with Gasteiger partial charge in [0.25, 0.3) is 5.56 Å². The number of carbonyl (C=O) groups is 1. The second kappa shape index (κ2) is 10.4. The Morgan fingerprint density at radius 2 is 2.18 bits per heavy atom. The molecule has 0 aromatic carbocycles. The van der Waals surface area contributed by atoms with Crippen molar-refractivity contribution in [1.82, 2.24) is 19.5 Å². The van der Waals surface area contributed by atoms with Crippen molar-refractivity contribution in [2.75, 3.05) is 31.3 Å². The van der Waals surface area contributed by atoms with E-state index in [1.165, 1.54) is 17.8 Å². The van der Waals surface area contributed by atoms with E-state index in [0.717, 1.165) is 11.8 Å². The van der Waals surface area contributed by atoms with E-state index in [2.05, 4.69) is 15.0 Å². The molecule has 34 heavy (non-hydrogen) atoms. The van der Waals surface area contributed by atoms with Gasteiger partial charge in [0.1, 0.15) is 17.8 Å². The van der Waals surface area contributed by atoms with Gasteiger partial charge in [-0.1, -0.05) is 11.8 Å². The number of nitrogen functional groups attached to an aromatic ring is 1. The van der Waals surface area contributed by atoms with Crippen LogP contribution in [-0.4, -0.2) is 83.3 Å². The van der Waals surface area contributed by atoms with E-state index in [1.807, 2.05) is 0 Å². The van der Waals surface area contributed by atoms with Crippen LogP contribution in [-0.2, 0) is 23.1 Å². The maximum absolute atomic E-state index is 12.1. The number of nitrogens with one attached hydrogen (secondary N) is 1. The molecule has 16 heteroatoms. The van der Waals surface area contributed by atoms with Crippen molar-refractivity contribution in [3.63, 3.8) is 0 Å². The van der Waals surface area contributed by atoms with Crippen LogP contribution in [0.1, 0.15) is 27.0 Å². The van der Waals surface area contributed by atoms with Gasteiger partial charge in [0.05, 0.1) is 31.6 Å². The fraction of sp³-hybridized carbons (Fsp3) is 0.667. The molecule has 1 fully saturated rings. The molecular weight excluding hydrogens is 493 g/mol. The highest BCUT2D eigenvalue weighted by Crippen LogP contribution is 2.40. The molecule has 3 rings (SSSR count). The summed E-state index contributed by atoms with van der Waals surface area (Å²) in [6.07, 6.45) is -2.51. The summed E-state index contributed by atoms with van der Waals surface area (Å²) in [4.78, 5) is 34.2. The monoisotopic (exact) mass is 521 g/mol. The molecule has 0 bridgehead atoms. The predicted octanol–water partition coefficient (Wildman–Crippen LogP) is -0.588. The first-order valence-corrected chi connectivity index (χ1v) is 12.5. The van der Waals surface area contributed by atoms with Crippen LogP contribution in [0.25, 0.3) is 11.2 Å². The van der Waals surface area contributed by atoms with Gasteiger partial charge in [-0.15, -0.1) is 0 Å². The SMILES string of the molecule is CC(C)(CO)C(=O)SCCO[PH](=O)OC[C@H]1O[C@@H](n2cnc3c(=O)[nH]c(N)nc32)[C@](C)(O)[C@@H]1O. The fourth-order valence-electron chi connectivity index (χ4n) is 3.20. The minimum atomic E-state index is -2.98. The molecule has 1 aliphatic heterocycles. The Kier molecular flexibility index (Phi) is 8.20. The van der Waals surface area contributed by atoms with Crippen molar-refractivity contribution < 1.29 is 38.5 Å². The van der Waals surface area contributed by atoms with Crippen LogP contribution in [0.15, 0.2) is 11.1 Å². The van der Waals surface area contributed by atoms with Crippen molar-refractivity contribution in [3.05, 3.63) is 16.7 Å². The summed E-state index contributed by atoms with van der Waals surface area (Å²) in [5.41, 5.74) is 2.32. The number of H-pyrrole nitrogens is 1. The lowest BCUT2D eigenvalue weighted by Crippen LogP contribution is -2.44. The van der Waals surface area contributed by atoms with E-state index in [-0.39, 0.29) is 47.8 Å². The summed E-state index contributed by atoms with van der Waals surface area (Å²) in [6, 6.07) is 0. The van der Waals surface area contributed by atoms with Gasteiger partial charge in [0.2, 0.25) is 5.95 Å². The van der Waals surface area contributed by atoms with Crippen LogP contribution in [0.4, 0.5) is 5.95 Å². The Balaban J connectivity index is 1.57. The first-order chi connectivity index (χ1) is 15.9. The maximum Gasteiger partial charge on any atom is 0.319 e. The third-order valence-electron chi connectivity index (χ3n) is 5.31. The van der Waals surface area contributed by atoms with Crippen LogP contribution in [0.3, 0.4) is 0 Å². The molecule has 6 N–H and O–H groups in total. The molecule has 1 aliphatic rings. The molecular formula is C18H28N5O9PS. The largest absolute Gasteiger partial charge is 0.395 e.